The van der Waals surface area contributed by atoms with Crippen LogP contribution in [0.2, 0.25) is 5.02 Å². The lowest BCUT2D eigenvalue weighted by molar-refractivity contribution is 0.0815. The Hall–Kier alpha value is -2.33. The molecule has 0 saturated heterocycles. The number of benzene rings is 1. The van der Waals surface area contributed by atoms with Crippen LogP contribution in [0.4, 0.5) is 0 Å². The maximum atomic E-state index is 12.3. The Labute approximate surface area is 127 Å². The molecule has 0 saturated carbocycles. The molecule has 0 N–H and O–H groups in total. The van der Waals surface area contributed by atoms with E-state index in [2.05, 4.69) is 4.98 Å². The minimum absolute atomic E-state index is 0.128. The van der Waals surface area contributed by atoms with Gasteiger partial charge in [-0.1, -0.05) is 29.8 Å². The first-order valence-electron chi connectivity index (χ1n) is 6.52. The molecular formula is C16H14ClN3O. The molecular weight excluding hydrogens is 286 g/mol. The number of fused-ring (bicyclic) bond motifs is 1. The van der Waals surface area contributed by atoms with E-state index in [4.69, 9.17) is 11.6 Å². The standard InChI is InChI=1S/C16H14ClN3O/c1-19(2)16(21)15-18-14(11-6-8-12(17)9-7-11)13-5-3-4-10-20(13)15/h3-10H,1-2H3. The van der Waals surface area contributed by atoms with Crippen molar-refractivity contribution in [3.63, 3.8) is 0 Å². The van der Waals surface area contributed by atoms with Crippen LogP contribution in [0.15, 0.2) is 48.7 Å². The normalized spacial score (nSPS) is 10.8. The molecule has 0 aliphatic rings. The zero-order chi connectivity index (χ0) is 15.0. The molecule has 4 nitrogen and oxygen atoms in total. The fraction of sp³-hybridized carbons (Fsp3) is 0.125. The van der Waals surface area contributed by atoms with Gasteiger partial charge >= 0.3 is 0 Å². The van der Waals surface area contributed by atoms with E-state index in [-0.39, 0.29) is 5.91 Å². The molecule has 0 radical (unpaired) electrons. The van der Waals surface area contributed by atoms with Crippen LogP contribution in [0, 0.1) is 0 Å². The number of rotatable bonds is 2. The summed E-state index contributed by atoms with van der Waals surface area (Å²) < 4.78 is 1.81. The Morgan fingerprint density at radius 1 is 1.14 bits per heavy atom. The largest absolute Gasteiger partial charge is 0.342 e. The molecule has 0 fully saturated rings. The van der Waals surface area contributed by atoms with Crippen molar-refractivity contribution in [2.45, 2.75) is 0 Å². The number of amides is 1. The molecule has 0 aliphatic carbocycles. The number of hydrogen-bond donors (Lipinski definition) is 0. The van der Waals surface area contributed by atoms with Gasteiger partial charge in [0.15, 0.2) is 0 Å². The van der Waals surface area contributed by atoms with Crippen molar-refractivity contribution in [2.24, 2.45) is 0 Å². The number of aromatic nitrogens is 2. The first-order chi connectivity index (χ1) is 10.1. The first-order valence-corrected chi connectivity index (χ1v) is 6.90. The quantitative estimate of drug-likeness (QED) is 0.728. The Bertz CT molecular complexity index is 806. The number of carbonyl (C=O) groups is 1. The second kappa shape index (κ2) is 5.22. The van der Waals surface area contributed by atoms with Gasteiger partial charge in [0, 0.05) is 30.9 Å². The highest BCUT2D eigenvalue weighted by Crippen LogP contribution is 2.26. The fourth-order valence-corrected chi connectivity index (χ4v) is 2.33. The van der Waals surface area contributed by atoms with E-state index in [0.29, 0.717) is 10.8 Å². The van der Waals surface area contributed by atoms with Crippen LogP contribution in [0.3, 0.4) is 0 Å². The van der Waals surface area contributed by atoms with Gasteiger partial charge in [-0.15, -0.1) is 0 Å². The van der Waals surface area contributed by atoms with E-state index in [1.807, 2.05) is 53.1 Å². The second-order valence-corrected chi connectivity index (χ2v) is 5.38. The third-order valence-corrected chi connectivity index (χ3v) is 3.52. The Morgan fingerprint density at radius 3 is 2.52 bits per heavy atom. The summed E-state index contributed by atoms with van der Waals surface area (Å²) >= 11 is 5.93. The van der Waals surface area contributed by atoms with E-state index < -0.39 is 0 Å². The summed E-state index contributed by atoms with van der Waals surface area (Å²) in [6.45, 7) is 0. The van der Waals surface area contributed by atoms with Crippen LogP contribution in [0.25, 0.3) is 16.8 Å². The minimum Gasteiger partial charge on any atom is -0.342 e. The second-order valence-electron chi connectivity index (χ2n) is 4.95. The highest BCUT2D eigenvalue weighted by Gasteiger charge is 2.19. The predicted octanol–water partition coefficient (Wildman–Crippen LogP) is 3.36. The van der Waals surface area contributed by atoms with Crippen LogP contribution < -0.4 is 0 Å². The Balaban J connectivity index is 2.24. The van der Waals surface area contributed by atoms with E-state index >= 15 is 0 Å². The highest BCUT2D eigenvalue weighted by molar-refractivity contribution is 6.30. The maximum Gasteiger partial charge on any atom is 0.289 e. The van der Waals surface area contributed by atoms with Crippen LogP contribution in [-0.4, -0.2) is 34.3 Å². The molecule has 21 heavy (non-hydrogen) atoms. The van der Waals surface area contributed by atoms with Crippen LogP contribution in [0.1, 0.15) is 10.6 Å². The van der Waals surface area contributed by atoms with Crippen molar-refractivity contribution >= 4 is 23.0 Å². The average molecular weight is 300 g/mol. The van der Waals surface area contributed by atoms with Gasteiger partial charge in [0.25, 0.3) is 5.91 Å². The molecule has 0 atom stereocenters. The fourth-order valence-electron chi connectivity index (χ4n) is 2.21. The number of hydrogen-bond acceptors (Lipinski definition) is 2. The zero-order valence-electron chi connectivity index (χ0n) is 11.7. The van der Waals surface area contributed by atoms with Crippen molar-refractivity contribution in [3.8, 4) is 11.3 Å². The SMILES string of the molecule is CN(C)C(=O)c1nc(-c2ccc(Cl)cc2)c2ccccn12. The third kappa shape index (κ3) is 2.38. The van der Waals surface area contributed by atoms with E-state index in [0.717, 1.165) is 16.8 Å². The van der Waals surface area contributed by atoms with Gasteiger partial charge in [-0.05, 0) is 24.3 Å². The van der Waals surface area contributed by atoms with E-state index in [1.165, 1.54) is 4.90 Å². The van der Waals surface area contributed by atoms with Crippen molar-refractivity contribution in [2.75, 3.05) is 14.1 Å². The Kier molecular flexibility index (Phi) is 3.39. The molecule has 1 amide bonds. The summed E-state index contributed by atoms with van der Waals surface area (Å²) in [6.07, 6.45) is 1.85. The molecule has 0 bridgehead atoms. The third-order valence-electron chi connectivity index (χ3n) is 3.26. The maximum absolute atomic E-state index is 12.3. The molecule has 2 aromatic heterocycles. The molecule has 106 valence electrons. The highest BCUT2D eigenvalue weighted by atomic mass is 35.5. The summed E-state index contributed by atoms with van der Waals surface area (Å²) in [4.78, 5) is 18.3. The van der Waals surface area contributed by atoms with Crippen molar-refractivity contribution < 1.29 is 4.79 Å². The van der Waals surface area contributed by atoms with Gasteiger partial charge < -0.3 is 4.90 Å². The van der Waals surface area contributed by atoms with Gasteiger partial charge in [0.05, 0.1) is 11.2 Å². The van der Waals surface area contributed by atoms with E-state index in [9.17, 15) is 4.79 Å². The number of nitrogens with zero attached hydrogens (tertiary/aromatic N) is 3. The van der Waals surface area contributed by atoms with Gasteiger partial charge in [-0.2, -0.15) is 0 Å². The number of carbonyl (C=O) groups excluding carboxylic acids is 1. The summed E-state index contributed by atoms with van der Waals surface area (Å²) in [5, 5.41) is 0.673. The van der Waals surface area contributed by atoms with Crippen LogP contribution in [0.5, 0.6) is 0 Å². The molecule has 0 aliphatic heterocycles. The smallest absolute Gasteiger partial charge is 0.289 e. The zero-order valence-corrected chi connectivity index (χ0v) is 12.5. The molecule has 5 heteroatoms. The average Bonchev–Trinajstić information content (AvgIpc) is 2.87. The first kappa shape index (κ1) is 13.6. The lowest BCUT2D eigenvalue weighted by atomic mass is 10.1. The summed E-state index contributed by atoms with van der Waals surface area (Å²) in [7, 11) is 3.43. The van der Waals surface area contributed by atoms with Gasteiger partial charge in [-0.25, -0.2) is 4.98 Å². The summed E-state index contributed by atoms with van der Waals surface area (Å²) in [5.74, 6) is 0.275. The molecule has 2 heterocycles. The molecule has 3 aromatic rings. The lowest BCUT2D eigenvalue weighted by Gasteiger charge is -2.08. The number of imidazole rings is 1. The Morgan fingerprint density at radius 2 is 1.86 bits per heavy atom. The van der Waals surface area contributed by atoms with Crippen LogP contribution >= 0.6 is 11.6 Å². The van der Waals surface area contributed by atoms with Gasteiger partial charge in [-0.3, -0.25) is 9.20 Å². The predicted molar refractivity (Wildman–Crippen MR) is 83.7 cm³/mol. The summed E-state index contributed by atoms with van der Waals surface area (Å²) in [5.41, 5.74) is 2.60. The van der Waals surface area contributed by atoms with Gasteiger partial charge in [0.1, 0.15) is 0 Å². The van der Waals surface area contributed by atoms with Crippen molar-refractivity contribution in [3.05, 3.63) is 59.5 Å². The van der Waals surface area contributed by atoms with E-state index in [1.54, 1.807) is 14.1 Å². The minimum atomic E-state index is -0.128. The van der Waals surface area contributed by atoms with Gasteiger partial charge in [0.2, 0.25) is 5.82 Å². The number of pyridine rings is 1. The monoisotopic (exact) mass is 299 g/mol. The summed E-state index contributed by atoms with van der Waals surface area (Å²) in [6, 6.07) is 13.2. The molecule has 1 aromatic carbocycles. The topological polar surface area (TPSA) is 37.6 Å². The van der Waals surface area contributed by atoms with Crippen molar-refractivity contribution in [1.82, 2.24) is 14.3 Å². The van der Waals surface area contributed by atoms with Crippen molar-refractivity contribution in [1.29, 1.82) is 0 Å². The lowest BCUT2D eigenvalue weighted by Crippen LogP contribution is -2.24. The molecule has 3 rings (SSSR count). The van der Waals surface area contributed by atoms with Crippen LogP contribution in [-0.2, 0) is 0 Å². The number of halogens is 1. The molecule has 0 spiro atoms. The molecule has 0 unspecified atom stereocenters.